The molecule has 2 N–H and O–H groups in total. The molecule has 0 bridgehead atoms. The molecular formula is C18H21N5O. The van der Waals surface area contributed by atoms with E-state index in [0.29, 0.717) is 12.1 Å². The highest BCUT2D eigenvalue weighted by Crippen LogP contribution is 2.27. The maximum Gasteiger partial charge on any atom is 0.160 e. The van der Waals surface area contributed by atoms with E-state index in [2.05, 4.69) is 49.7 Å². The molecule has 24 heavy (non-hydrogen) atoms. The van der Waals surface area contributed by atoms with Crippen molar-refractivity contribution in [2.45, 2.75) is 37.8 Å². The van der Waals surface area contributed by atoms with Gasteiger partial charge in [-0.2, -0.15) is 5.10 Å². The molecule has 4 rings (SSSR count). The summed E-state index contributed by atoms with van der Waals surface area (Å²) in [5.74, 6) is 0.851. The lowest BCUT2D eigenvalue weighted by Gasteiger charge is -2.15. The zero-order chi connectivity index (χ0) is 16.2. The van der Waals surface area contributed by atoms with E-state index in [1.54, 1.807) is 12.5 Å². The minimum absolute atomic E-state index is 0.327. The van der Waals surface area contributed by atoms with Gasteiger partial charge in [0.15, 0.2) is 5.65 Å². The van der Waals surface area contributed by atoms with Crippen LogP contribution < -0.4 is 5.32 Å². The molecule has 0 radical (unpaired) electrons. The van der Waals surface area contributed by atoms with Crippen LogP contribution in [0.2, 0.25) is 0 Å². The Balaban J connectivity index is 1.28. The fourth-order valence-corrected chi connectivity index (χ4v) is 3.28. The summed E-state index contributed by atoms with van der Waals surface area (Å²) in [6.45, 7) is 0.779. The van der Waals surface area contributed by atoms with Crippen LogP contribution >= 0.6 is 0 Å². The first kappa shape index (κ1) is 15.1. The Morgan fingerprint density at radius 2 is 2.08 bits per heavy atom. The summed E-state index contributed by atoms with van der Waals surface area (Å²) in [5, 5.41) is 11.4. The molecule has 2 heterocycles. The normalized spacial score (nSPS) is 20.5. The molecule has 0 saturated heterocycles. The van der Waals surface area contributed by atoms with Crippen molar-refractivity contribution < 1.29 is 4.74 Å². The van der Waals surface area contributed by atoms with Crippen LogP contribution in [-0.4, -0.2) is 38.9 Å². The maximum atomic E-state index is 6.06. The van der Waals surface area contributed by atoms with Crippen LogP contribution in [0.3, 0.4) is 0 Å². The number of benzene rings is 1. The summed E-state index contributed by atoms with van der Waals surface area (Å²) >= 11 is 0. The monoisotopic (exact) mass is 323 g/mol. The average molecular weight is 323 g/mol. The topological polar surface area (TPSA) is 75.7 Å². The molecule has 2 atom stereocenters. The lowest BCUT2D eigenvalue weighted by molar-refractivity contribution is 0.0601. The fraction of sp³-hybridized carbons (Fsp3) is 0.389. The molecule has 1 aromatic carbocycles. The zero-order valence-corrected chi connectivity index (χ0v) is 13.5. The third kappa shape index (κ3) is 3.38. The van der Waals surface area contributed by atoms with Gasteiger partial charge in [-0.3, -0.25) is 5.10 Å². The molecule has 124 valence electrons. The van der Waals surface area contributed by atoms with Crippen LogP contribution in [0.1, 0.15) is 24.8 Å². The summed E-state index contributed by atoms with van der Waals surface area (Å²) in [6, 6.07) is 10.9. The van der Waals surface area contributed by atoms with Gasteiger partial charge < -0.3 is 10.1 Å². The average Bonchev–Trinajstić information content (AvgIpc) is 3.26. The number of aromatic nitrogens is 4. The van der Waals surface area contributed by atoms with Gasteiger partial charge >= 0.3 is 0 Å². The van der Waals surface area contributed by atoms with Crippen LogP contribution in [0, 0.1) is 0 Å². The number of nitrogens with one attached hydrogen (secondary N) is 2. The van der Waals surface area contributed by atoms with E-state index in [9.17, 15) is 0 Å². The Bertz CT molecular complexity index is 788. The van der Waals surface area contributed by atoms with Gasteiger partial charge in [-0.05, 0) is 31.2 Å². The minimum atomic E-state index is 0.327. The summed E-state index contributed by atoms with van der Waals surface area (Å²) < 4.78 is 6.06. The van der Waals surface area contributed by atoms with E-state index in [4.69, 9.17) is 4.74 Å². The predicted molar refractivity (Wildman–Crippen MR) is 92.8 cm³/mol. The maximum absolute atomic E-state index is 6.06. The molecule has 1 unspecified atom stereocenters. The quantitative estimate of drug-likeness (QED) is 0.729. The van der Waals surface area contributed by atoms with Crippen LogP contribution in [0.25, 0.3) is 11.0 Å². The lowest BCUT2D eigenvalue weighted by atomic mass is 10.2. The van der Waals surface area contributed by atoms with Crippen molar-refractivity contribution in [3.05, 3.63) is 48.4 Å². The van der Waals surface area contributed by atoms with E-state index in [1.165, 1.54) is 5.56 Å². The van der Waals surface area contributed by atoms with Gasteiger partial charge in [-0.1, -0.05) is 30.3 Å². The second-order valence-electron chi connectivity index (χ2n) is 6.24. The molecule has 6 nitrogen and oxygen atoms in total. The summed E-state index contributed by atoms with van der Waals surface area (Å²) in [6.07, 6.45) is 7.82. The standard InChI is InChI=1S/C18H21N5O/c1-2-4-13(5-3-1)8-9-24-15-7-6-14(10-15)22-17-16-11-21-23-18(16)20-12-19-17/h1-5,11-12,14-15H,6-10H2,(H2,19,20,21,22,23)/t14?,15-/m1/s1. The van der Waals surface area contributed by atoms with Gasteiger partial charge in [0.25, 0.3) is 0 Å². The first-order chi connectivity index (χ1) is 11.9. The Hall–Kier alpha value is -2.47. The Labute approximate surface area is 140 Å². The smallest absolute Gasteiger partial charge is 0.160 e. The SMILES string of the molecule is c1ccc(CCO[C@@H]2CCC(Nc3ncnc4[nH]ncc34)C2)cc1. The third-order valence-electron chi connectivity index (χ3n) is 4.56. The summed E-state index contributed by atoms with van der Waals surface area (Å²) in [5.41, 5.74) is 2.09. The third-order valence-corrected chi connectivity index (χ3v) is 4.56. The number of ether oxygens (including phenoxy) is 1. The van der Waals surface area contributed by atoms with Gasteiger partial charge in [0.05, 0.1) is 24.3 Å². The number of anilines is 1. The second kappa shape index (κ2) is 6.97. The van der Waals surface area contributed by atoms with Crippen molar-refractivity contribution in [2.75, 3.05) is 11.9 Å². The minimum Gasteiger partial charge on any atom is -0.378 e. The number of fused-ring (bicyclic) bond motifs is 1. The number of H-pyrrole nitrogens is 1. The highest BCUT2D eigenvalue weighted by Gasteiger charge is 2.26. The van der Waals surface area contributed by atoms with Gasteiger partial charge in [0.1, 0.15) is 12.1 Å². The second-order valence-corrected chi connectivity index (χ2v) is 6.24. The first-order valence-corrected chi connectivity index (χ1v) is 8.44. The van der Waals surface area contributed by atoms with Crippen molar-refractivity contribution in [2.24, 2.45) is 0 Å². The van der Waals surface area contributed by atoms with Crippen LogP contribution in [0.15, 0.2) is 42.9 Å². The van der Waals surface area contributed by atoms with Crippen molar-refractivity contribution in [1.82, 2.24) is 20.2 Å². The molecule has 0 aliphatic heterocycles. The van der Waals surface area contributed by atoms with E-state index in [1.807, 2.05) is 6.07 Å². The highest BCUT2D eigenvalue weighted by molar-refractivity contribution is 5.85. The fourth-order valence-electron chi connectivity index (χ4n) is 3.28. The Kier molecular flexibility index (Phi) is 4.38. The van der Waals surface area contributed by atoms with Crippen molar-refractivity contribution in [3.63, 3.8) is 0 Å². The zero-order valence-electron chi connectivity index (χ0n) is 13.5. The van der Waals surface area contributed by atoms with Gasteiger partial charge in [-0.25, -0.2) is 9.97 Å². The van der Waals surface area contributed by atoms with E-state index in [-0.39, 0.29) is 0 Å². The van der Waals surface area contributed by atoms with E-state index < -0.39 is 0 Å². The predicted octanol–water partition coefficient (Wildman–Crippen LogP) is 2.95. The van der Waals surface area contributed by atoms with Crippen molar-refractivity contribution in [3.8, 4) is 0 Å². The molecular weight excluding hydrogens is 302 g/mol. The van der Waals surface area contributed by atoms with Crippen LogP contribution in [0.5, 0.6) is 0 Å². The molecule has 1 saturated carbocycles. The van der Waals surface area contributed by atoms with Gasteiger partial charge in [0, 0.05) is 6.04 Å². The number of hydrogen-bond donors (Lipinski definition) is 2. The lowest BCUT2D eigenvalue weighted by Crippen LogP contribution is -2.19. The molecule has 0 amide bonds. The number of rotatable bonds is 6. The molecule has 1 aliphatic carbocycles. The molecule has 0 spiro atoms. The summed E-state index contributed by atoms with van der Waals surface area (Å²) in [7, 11) is 0. The van der Waals surface area contributed by atoms with Crippen molar-refractivity contribution in [1.29, 1.82) is 0 Å². The summed E-state index contributed by atoms with van der Waals surface area (Å²) in [4.78, 5) is 8.51. The molecule has 6 heteroatoms. The number of aromatic amines is 1. The largest absolute Gasteiger partial charge is 0.378 e. The number of nitrogens with zero attached hydrogens (tertiary/aromatic N) is 3. The Morgan fingerprint density at radius 1 is 1.17 bits per heavy atom. The van der Waals surface area contributed by atoms with Gasteiger partial charge in [0.2, 0.25) is 0 Å². The first-order valence-electron chi connectivity index (χ1n) is 8.44. The molecule has 3 aromatic rings. The highest BCUT2D eigenvalue weighted by atomic mass is 16.5. The van der Waals surface area contributed by atoms with E-state index in [0.717, 1.165) is 49.1 Å². The number of hydrogen-bond acceptors (Lipinski definition) is 5. The Morgan fingerprint density at radius 3 is 3.00 bits per heavy atom. The van der Waals surface area contributed by atoms with Crippen molar-refractivity contribution >= 4 is 16.9 Å². The molecule has 1 aliphatic rings. The molecule has 1 fully saturated rings. The van der Waals surface area contributed by atoms with Crippen LogP contribution in [0.4, 0.5) is 5.82 Å². The molecule has 2 aromatic heterocycles. The van der Waals surface area contributed by atoms with E-state index >= 15 is 0 Å². The van der Waals surface area contributed by atoms with Crippen LogP contribution in [-0.2, 0) is 11.2 Å². The van der Waals surface area contributed by atoms with Gasteiger partial charge in [-0.15, -0.1) is 0 Å².